The van der Waals surface area contributed by atoms with Crippen molar-refractivity contribution in [1.82, 2.24) is 4.98 Å². The molecule has 1 unspecified atom stereocenters. The van der Waals surface area contributed by atoms with Gasteiger partial charge in [-0.3, -0.25) is 4.98 Å². The van der Waals surface area contributed by atoms with Gasteiger partial charge in [0.25, 0.3) is 0 Å². The first-order valence-electron chi connectivity index (χ1n) is 6.25. The zero-order valence-electron chi connectivity index (χ0n) is 10.9. The first-order chi connectivity index (χ1) is 9.79. The third kappa shape index (κ3) is 2.16. The number of para-hydroxylation sites is 1. The molecule has 0 aliphatic carbocycles. The Balaban J connectivity index is 2.09. The normalized spacial score (nSPS) is 16.6. The van der Waals surface area contributed by atoms with Crippen LogP contribution in [0.4, 0.5) is 0 Å². The number of rotatable bonds is 2. The molecule has 100 valence electrons. The Bertz CT molecular complexity index is 664. The summed E-state index contributed by atoms with van der Waals surface area (Å²) in [5, 5.41) is 0. The summed E-state index contributed by atoms with van der Waals surface area (Å²) in [5.41, 5.74) is 2.22. The second kappa shape index (κ2) is 5.17. The number of carbonyl (C=O) groups excluding carboxylic acids is 1. The average Bonchev–Trinajstić information content (AvgIpc) is 2.53. The molecule has 1 aromatic carbocycles. The smallest absolute Gasteiger partial charge is 0.337 e. The maximum atomic E-state index is 12.0. The van der Waals surface area contributed by atoms with Gasteiger partial charge in [-0.1, -0.05) is 18.2 Å². The lowest BCUT2D eigenvalue weighted by Crippen LogP contribution is -2.21. The molecule has 0 saturated carbocycles. The van der Waals surface area contributed by atoms with Gasteiger partial charge in [0.15, 0.2) is 6.10 Å². The van der Waals surface area contributed by atoms with E-state index in [0.29, 0.717) is 5.57 Å². The Morgan fingerprint density at radius 1 is 1.20 bits per heavy atom. The van der Waals surface area contributed by atoms with Crippen LogP contribution >= 0.6 is 0 Å². The Kier molecular flexibility index (Phi) is 3.21. The highest BCUT2D eigenvalue weighted by Crippen LogP contribution is 2.37. The number of ether oxygens (including phenoxy) is 2. The van der Waals surface area contributed by atoms with Crippen molar-refractivity contribution in [2.45, 2.75) is 6.10 Å². The van der Waals surface area contributed by atoms with Gasteiger partial charge >= 0.3 is 5.97 Å². The second-order valence-corrected chi connectivity index (χ2v) is 4.41. The number of aromatic nitrogens is 1. The van der Waals surface area contributed by atoms with Gasteiger partial charge in [-0.05, 0) is 24.3 Å². The molecule has 2 heterocycles. The van der Waals surface area contributed by atoms with Crippen molar-refractivity contribution in [1.29, 1.82) is 0 Å². The lowest BCUT2D eigenvalue weighted by Gasteiger charge is -2.26. The van der Waals surface area contributed by atoms with Gasteiger partial charge in [-0.15, -0.1) is 0 Å². The quantitative estimate of drug-likeness (QED) is 0.785. The van der Waals surface area contributed by atoms with E-state index in [0.717, 1.165) is 16.9 Å². The van der Waals surface area contributed by atoms with Crippen molar-refractivity contribution in [2.75, 3.05) is 7.11 Å². The highest BCUT2D eigenvalue weighted by Gasteiger charge is 2.29. The van der Waals surface area contributed by atoms with E-state index in [4.69, 9.17) is 9.47 Å². The number of methoxy groups -OCH3 is 1. The molecular formula is C16H13NO3. The van der Waals surface area contributed by atoms with Crippen molar-refractivity contribution in [3.63, 3.8) is 0 Å². The van der Waals surface area contributed by atoms with Crippen molar-refractivity contribution in [3.05, 3.63) is 65.5 Å². The number of benzene rings is 1. The highest BCUT2D eigenvalue weighted by molar-refractivity contribution is 5.96. The molecule has 1 atom stereocenters. The first kappa shape index (κ1) is 12.4. The maximum Gasteiger partial charge on any atom is 0.337 e. The number of pyridine rings is 1. The molecule has 0 spiro atoms. The summed E-state index contributed by atoms with van der Waals surface area (Å²) < 4.78 is 10.8. The fourth-order valence-electron chi connectivity index (χ4n) is 2.21. The van der Waals surface area contributed by atoms with Gasteiger partial charge in [0, 0.05) is 23.5 Å². The molecule has 2 aromatic rings. The van der Waals surface area contributed by atoms with Crippen molar-refractivity contribution < 1.29 is 14.3 Å². The van der Waals surface area contributed by atoms with Crippen LogP contribution in [0.5, 0.6) is 5.75 Å². The summed E-state index contributed by atoms with van der Waals surface area (Å²) in [5.74, 6) is 0.364. The summed E-state index contributed by atoms with van der Waals surface area (Å²) in [6.07, 6.45) is 4.69. The van der Waals surface area contributed by atoms with Gasteiger partial charge in [-0.25, -0.2) is 4.79 Å². The average molecular weight is 267 g/mol. The van der Waals surface area contributed by atoms with Crippen LogP contribution in [-0.2, 0) is 9.53 Å². The van der Waals surface area contributed by atoms with E-state index >= 15 is 0 Å². The van der Waals surface area contributed by atoms with Crippen LogP contribution in [0.25, 0.3) is 6.08 Å². The topological polar surface area (TPSA) is 48.4 Å². The molecule has 1 aliphatic heterocycles. The van der Waals surface area contributed by atoms with Gasteiger partial charge < -0.3 is 9.47 Å². The van der Waals surface area contributed by atoms with Crippen LogP contribution in [0.3, 0.4) is 0 Å². The highest BCUT2D eigenvalue weighted by atomic mass is 16.5. The molecule has 4 heteroatoms. The monoisotopic (exact) mass is 267 g/mol. The summed E-state index contributed by atoms with van der Waals surface area (Å²) in [6, 6.07) is 11.2. The van der Waals surface area contributed by atoms with E-state index in [1.165, 1.54) is 7.11 Å². The maximum absolute atomic E-state index is 12.0. The Hall–Kier alpha value is -2.62. The Morgan fingerprint density at radius 2 is 1.95 bits per heavy atom. The zero-order chi connectivity index (χ0) is 13.9. The minimum atomic E-state index is -0.472. The SMILES string of the molecule is COC(=O)C1=Cc2ccccc2OC1c1ccncc1. The lowest BCUT2D eigenvalue weighted by atomic mass is 9.97. The molecule has 20 heavy (non-hydrogen) atoms. The van der Waals surface area contributed by atoms with Crippen molar-refractivity contribution in [2.24, 2.45) is 0 Å². The van der Waals surface area contributed by atoms with Gasteiger partial charge in [-0.2, -0.15) is 0 Å². The fourth-order valence-corrected chi connectivity index (χ4v) is 2.21. The van der Waals surface area contributed by atoms with Crippen LogP contribution in [0, 0.1) is 0 Å². The molecular weight excluding hydrogens is 254 g/mol. The lowest BCUT2D eigenvalue weighted by molar-refractivity contribution is -0.137. The molecule has 1 aromatic heterocycles. The Morgan fingerprint density at radius 3 is 2.70 bits per heavy atom. The molecule has 3 rings (SSSR count). The standard InChI is InChI=1S/C16H13NO3/c1-19-16(18)13-10-12-4-2-3-5-14(12)20-15(13)11-6-8-17-9-7-11/h2-10,15H,1H3. The first-order valence-corrected chi connectivity index (χ1v) is 6.25. The van der Waals surface area contributed by atoms with Gasteiger partial charge in [0.1, 0.15) is 5.75 Å². The van der Waals surface area contributed by atoms with Crippen molar-refractivity contribution in [3.8, 4) is 5.75 Å². The van der Waals surface area contributed by atoms with E-state index in [1.54, 1.807) is 12.4 Å². The molecule has 0 bridgehead atoms. The van der Waals surface area contributed by atoms with E-state index < -0.39 is 6.10 Å². The number of nitrogens with zero attached hydrogens (tertiary/aromatic N) is 1. The van der Waals surface area contributed by atoms with E-state index in [1.807, 2.05) is 42.5 Å². The number of carbonyl (C=O) groups is 1. The number of esters is 1. The van der Waals surface area contributed by atoms with Gasteiger partial charge in [0.05, 0.1) is 12.7 Å². The minimum Gasteiger partial charge on any atom is -0.480 e. The molecule has 0 radical (unpaired) electrons. The molecule has 1 aliphatic rings. The third-order valence-electron chi connectivity index (χ3n) is 3.19. The van der Waals surface area contributed by atoms with E-state index in [-0.39, 0.29) is 5.97 Å². The molecule has 0 fully saturated rings. The van der Waals surface area contributed by atoms with Crippen molar-refractivity contribution >= 4 is 12.0 Å². The summed E-state index contributed by atoms with van der Waals surface area (Å²) in [6.45, 7) is 0. The van der Waals surface area contributed by atoms with E-state index in [2.05, 4.69) is 4.98 Å². The molecule has 0 N–H and O–H groups in total. The largest absolute Gasteiger partial charge is 0.480 e. The van der Waals surface area contributed by atoms with E-state index in [9.17, 15) is 4.79 Å². The number of fused-ring (bicyclic) bond motifs is 1. The second-order valence-electron chi connectivity index (χ2n) is 4.41. The minimum absolute atomic E-state index is 0.388. The number of hydrogen-bond acceptors (Lipinski definition) is 4. The van der Waals surface area contributed by atoms with Gasteiger partial charge in [0.2, 0.25) is 0 Å². The summed E-state index contributed by atoms with van der Waals surface area (Å²) in [4.78, 5) is 16.0. The summed E-state index contributed by atoms with van der Waals surface area (Å²) in [7, 11) is 1.37. The van der Waals surface area contributed by atoms with Crippen LogP contribution in [0.15, 0.2) is 54.4 Å². The molecule has 0 amide bonds. The molecule has 0 saturated heterocycles. The van der Waals surface area contributed by atoms with Crippen LogP contribution < -0.4 is 4.74 Å². The molecule has 4 nitrogen and oxygen atoms in total. The Labute approximate surface area is 116 Å². The third-order valence-corrected chi connectivity index (χ3v) is 3.19. The number of hydrogen-bond donors (Lipinski definition) is 0. The predicted molar refractivity (Wildman–Crippen MR) is 74.0 cm³/mol. The van der Waals surface area contributed by atoms with Crippen LogP contribution in [0.1, 0.15) is 17.2 Å². The summed E-state index contributed by atoms with van der Waals surface area (Å²) >= 11 is 0. The fraction of sp³-hybridized carbons (Fsp3) is 0.125. The predicted octanol–water partition coefficient (Wildman–Crippen LogP) is 2.77. The zero-order valence-corrected chi connectivity index (χ0v) is 10.9. The van der Waals surface area contributed by atoms with Crippen LogP contribution in [-0.4, -0.2) is 18.1 Å². The van der Waals surface area contributed by atoms with Crippen LogP contribution in [0.2, 0.25) is 0 Å².